The predicted molar refractivity (Wildman–Crippen MR) is 69.0 cm³/mol. The number of benzene rings is 1. The fourth-order valence-electron chi connectivity index (χ4n) is 1.78. The Hall–Kier alpha value is -1.38. The van der Waals surface area contributed by atoms with Crippen LogP contribution in [0.15, 0.2) is 27.5 Å². The zero-order valence-electron chi connectivity index (χ0n) is 10.4. The molecule has 1 heterocycles. The summed E-state index contributed by atoms with van der Waals surface area (Å²) in [5.41, 5.74) is 0.215. The Balaban J connectivity index is 2.56. The molecule has 8 heteroatoms. The summed E-state index contributed by atoms with van der Waals surface area (Å²) < 4.78 is 52.9. The van der Waals surface area contributed by atoms with Gasteiger partial charge in [0.25, 0.3) is 0 Å². The first-order valence-electron chi connectivity index (χ1n) is 5.54. The summed E-state index contributed by atoms with van der Waals surface area (Å²) in [4.78, 5) is 1.75. The van der Waals surface area contributed by atoms with Crippen molar-refractivity contribution in [3.05, 3.63) is 23.8 Å². The Morgan fingerprint density at radius 2 is 2.11 bits per heavy atom. The quantitative estimate of drug-likeness (QED) is 0.898. The van der Waals surface area contributed by atoms with Crippen LogP contribution in [0.4, 0.5) is 8.78 Å². The van der Waals surface area contributed by atoms with Gasteiger partial charge in [-0.05, 0) is 19.1 Å². The standard InChI is InChI=1S/C11H14F2N2O3S/c1-3-15(2)10-9-7(18-11(12)13)5-4-6-8(9)19(16,17)14-10/h4-6,11,16-17H,3H2,1-2H3. The molecule has 1 aromatic carbocycles. The van der Waals surface area contributed by atoms with Gasteiger partial charge in [0, 0.05) is 13.6 Å². The molecule has 1 aliphatic heterocycles. The molecule has 0 bridgehead atoms. The fourth-order valence-corrected chi connectivity index (χ4v) is 3.08. The van der Waals surface area contributed by atoms with Gasteiger partial charge >= 0.3 is 6.61 Å². The third-order valence-electron chi connectivity index (χ3n) is 2.77. The van der Waals surface area contributed by atoms with E-state index in [0.717, 1.165) is 0 Å². The number of hydrogen-bond acceptors (Lipinski definition) is 5. The molecule has 0 saturated carbocycles. The van der Waals surface area contributed by atoms with Crippen LogP contribution in [-0.4, -0.2) is 40.0 Å². The van der Waals surface area contributed by atoms with E-state index in [1.165, 1.54) is 18.2 Å². The number of fused-ring (bicyclic) bond motifs is 1. The van der Waals surface area contributed by atoms with E-state index in [1.54, 1.807) is 11.9 Å². The molecular weight excluding hydrogens is 278 g/mol. The highest BCUT2D eigenvalue weighted by Crippen LogP contribution is 2.57. The molecule has 2 rings (SSSR count). The van der Waals surface area contributed by atoms with Crippen molar-refractivity contribution in [3.8, 4) is 5.75 Å². The second kappa shape index (κ2) is 4.95. The van der Waals surface area contributed by atoms with Crippen LogP contribution >= 0.6 is 10.8 Å². The maximum atomic E-state index is 12.4. The van der Waals surface area contributed by atoms with E-state index >= 15 is 0 Å². The molecule has 5 nitrogen and oxygen atoms in total. The summed E-state index contributed by atoms with van der Waals surface area (Å²) >= 11 is 0. The average Bonchev–Trinajstić information content (AvgIpc) is 2.61. The number of nitrogens with zero attached hydrogens (tertiary/aromatic N) is 2. The molecule has 0 spiro atoms. The van der Waals surface area contributed by atoms with E-state index in [1.807, 2.05) is 6.92 Å². The maximum Gasteiger partial charge on any atom is 0.387 e. The van der Waals surface area contributed by atoms with Crippen LogP contribution in [0, 0.1) is 0 Å². The summed E-state index contributed by atoms with van der Waals surface area (Å²) in [5.74, 6) is 0.137. The highest BCUT2D eigenvalue weighted by atomic mass is 32.3. The van der Waals surface area contributed by atoms with Crippen molar-refractivity contribution in [1.29, 1.82) is 0 Å². The van der Waals surface area contributed by atoms with Crippen LogP contribution in [-0.2, 0) is 0 Å². The lowest BCUT2D eigenvalue weighted by molar-refractivity contribution is -0.0501. The number of ether oxygens (including phenoxy) is 1. The van der Waals surface area contributed by atoms with Crippen molar-refractivity contribution in [2.24, 2.45) is 4.40 Å². The van der Waals surface area contributed by atoms with Crippen molar-refractivity contribution in [3.63, 3.8) is 0 Å². The van der Waals surface area contributed by atoms with Gasteiger partial charge in [-0.2, -0.15) is 8.78 Å². The Bertz CT molecular complexity index is 523. The fraction of sp³-hybridized carbons (Fsp3) is 0.364. The largest absolute Gasteiger partial charge is 0.434 e. The molecule has 106 valence electrons. The number of hydrogen-bond donors (Lipinski definition) is 2. The van der Waals surface area contributed by atoms with Crippen LogP contribution in [0.25, 0.3) is 0 Å². The molecule has 19 heavy (non-hydrogen) atoms. The van der Waals surface area contributed by atoms with E-state index in [0.29, 0.717) is 6.54 Å². The molecule has 0 unspecified atom stereocenters. The van der Waals surface area contributed by atoms with Gasteiger partial charge in [-0.3, -0.25) is 9.11 Å². The zero-order valence-corrected chi connectivity index (χ0v) is 11.2. The third-order valence-corrected chi connectivity index (χ3v) is 4.13. The van der Waals surface area contributed by atoms with Gasteiger partial charge in [-0.1, -0.05) is 16.8 Å². The van der Waals surface area contributed by atoms with Gasteiger partial charge < -0.3 is 9.64 Å². The lowest BCUT2D eigenvalue weighted by atomic mass is 10.1. The highest BCUT2D eigenvalue weighted by Gasteiger charge is 2.34. The summed E-state index contributed by atoms with van der Waals surface area (Å²) in [6.07, 6.45) is 0. The Labute approximate surface area is 111 Å². The molecule has 0 fully saturated rings. The minimum atomic E-state index is -3.35. The second-order valence-electron chi connectivity index (χ2n) is 3.96. The molecule has 0 aromatic heterocycles. The van der Waals surface area contributed by atoms with Gasteiger partial charge in [-0.25, -0.2) is 0 Å². The summed E-state index contributed by atoms with van der Waals surface area (Å²) in [5, 5.41) is 0. The van der Waals surface area contributed by atoms with Crippen molar-refractivity contribution < 1.29 is 22.6 Å². The van der Waals surface area contributed by atoms with Crippen molar-refractivity contribution >= 4 is 16.6 Å². The van der Waals surface area contributed by atoms with Crippen LogP contribution in [0.1, 0.15) is 12.5 Å². The van der Waals surface area contributed by atoms with Gasteiger partial charge in [-0.15, -0.1) is 4.40 Å². The van der Waals surface area contributed by atoms with Crippen LogP contribution < -0.4 is 4.74 Å². The van der Waals surface area contributed by atoms with Crippen molar-refractivity contribution in [2.45, 2.75) is 18.4 Å². The number of rotatable bonds is 3. The third kappa shape index (κ3) is 2.51. The zero-order chi connectivity index (χ0) is 14.2. The summed E-state index contributed by atoms with van der Waals surface area (Å²) in [7, 11) is -1.66. The Morgan fingerprint density at radius 3 is 2.68 bits per heavy atom. The molecule has 1 aliphatic rings. The number of alkyl halides is 2. The highest BCUT2D eigenvalue weighted by molar-refractivity contribution is 8.23. The van der Waals surface area contributed by atoms with Crippen LogP contribution in [0.3, 0.4) is 0 Å². The lowest BCUT2D eigenvalue weighted by Gasteiger charge is -2.22. The van der Waals surface area contributed by atoms with Gasteiger partial charge in [0.05, 0.1) is 10.5 Å². The van der Waals surface area contributed by atoms with Crippen LogP contribution in [0.5, 0.6) is 5.75 Å². The lowest BCUT2D eigenvalue weighted by Crippen LogP contribution is -2.26. The van der Waals surface area contributed by atoms with Gasteiger partial charge in [0.2, 0.25) is 0 Å². The van der Waals surface area contributed by atoms with E-state index < -0.39 is 17.4 Å². The van der Waals surface area contributed by atoms with Crippen molar-refractivity contribution in [2.75, 3.05) is 13.6 Å². The first kappa shape index (κ1) is 14.0. The predicted octanol–water partition coefficient (Wildman–Crippen LogP) is 3.02. The molecular formula is C11H14F2N2O3S. The molecule has 0 saturated heterocycles. The number of halogens is 2. The second-order valence-corrected chi connectivity index (χ2v) is 5.62. The first-order valence-corrected chi connectivity index (χ1v) is 7.04. The topological polar surface area (TPSA) is 65.3 Å². The maximum absolute atomic E-state index is 12.4. The molecule has 0 amide bonds. The molecule has 2 N–H and O–H groups in total. The SMILES string of the molecule is CCN(C)C1=NS(O)(O)c2cccc(OC(F)F)c21. The van der Waals surface area contributed by atoms with Gasteiger partial charge in [0.1, 0.15) is 5.75 Å². The minimum Gasteiger partial charge on any atom is -0.434 e. The molecule has 0 aliphatic carbocycles. The number of amidine groups is 1. The summed E-state index contributed by atoms with van der Waals surface area (Å²) in [6.45, 7) is -0.610. The monoisotopic (exact) mass is 292 g/mol. The average molecular weight is 292 g/mol. The van der Waals surface area contributed by atoms with Crippen LogP contribution in [0.2, 0.25) is 0 Å². The van der Waals surface area contributed by atoms with E-state index in [2.05, 4.69) is 9.13 Å². The molecule has 1 aromatic rings. The first-order chi connectivity index (χ1) is 8.86. The van der Waals surface area contributed by atoms with E-state index in [4.69, 9.17) is 0 Å². The minimum absolute atomic E-state index is 0.107. The normalized spacial score (nSPS) is 17.9. The smallest absolute Gasteiger partial charge is 0.387 e. The van der Waals surface area contributed by atoms with E-state index in [9.17, 15) is 17.9 Å². The van der Waals surface area contributed by atoms with Crippen molar-refractivity contribution in [1.82, 2.24) is 4.90 Å². The Kier molecular flexibility index (Phi) is 3.66. The molecule has 0 radical (unpaired) electrons. The summed E-state index contributed by atoms with van der Waals surface area (Å²) in [6, 6.07) is 4.23. The molecule has 0 atom stereocenters. The van der Waals surface area contributed by atoms with E-state index in [-0.39, 0.29) is 22.0 Å². The Morgan fingerprint density at radius 1 is 1.42 bits per heavy atom. The van der Waals surface area contributed by atoms with Gasteiger partial charge in [0.15, 0.2) is 5.84 Å².